The normalized spacial score (nSPS) is 12.2. The molecule has 6 heteroatoms. The highest BCUT2D eigenvalue weighted by molar-refractivity contribution is 5.94. The van der Waals surface area contributed by atoms with E-state index in [9.17, 15) is 4.79 Å². The van der Waals surface area contributed by atoms with Crippen molar-refractivity contribution in [1.82, 2.24) is 25.2 Å². The number of aromatic nitrogens is 3. The van der Waals surface area contributed by atoms with E-state index < -0.39 is 0 Å². The molecular weight excluding hydrogens is 374 g/mol. The van der Waals surface area contributed by atoms with Gasteiger partial charge in [0.15, 0.2) is 0 Å². The second kappa shape index (κ2) is 8.88. The molecular formula is C24H25N5O. The Balaban J connectivity index is 1.47. The van der Waals surface area contributed by atoms with Gasteiger partial charge in [-0.15, -0.1) is 5.10 Å². The fourth-order valence-corrected chi connectivity index (χ4v) is 3.50. The molecule has 0 spiro atoms. The Hall–Kier alpha value is -3.51. The number of hydrogen-bond acceptors (Lipinski definition) is 4. The molecule has 1 amide bonds. The summed E-state index contributed by atoms with van der Waals surface area (Å²) in [7, 11) is 4.01. The third-order valence-electron chi connectivity index (χ3n) is 5.02. The fraction of sp³-hybridized carbons (Fsp3) is 0.208. The molecule has 0 bridgehead atoms. The van der Waals surface area contributed by atoms with Crippen molar-refractivity contribution in [2.75, 3.05) is 20.6 Å². The maximum absolute atomic E-state index is 12.9. The van der Waals surface area contributed by atoms with Gasteiger partial charge in [-0.3, -0.25) is 4.79 Å². The summed E-state index contributed by atoms with van der Waals surface area (Å²) in [6, 6.07) is 25.5. The highest BCUT2D eigenvalue weighted by Gasteiger charge is 2.16. The fourth-order valence-electron chi connectivity index (χ4n) is 3.50. The molecule has 1 N–H and O–H groups in total. The van der Waals surface area contributed by atoms with Gasteiger partial charge in [0, 0.05) is 12.1 Å². The summed E-state index contributed by atoms with van der Waals surface area (Å²) in [6.07, 6.45) is 0. The number of amides is 1. The average molecular weight is 399 g/mol. The number of carbonyl (C=O) groups excluding carboxylic acids is 1. The molecule has 0 aliphatic rings. The summed E-state index contributed by atoms with van der Waals surface area (Å²) >= 11 is 0. The lowest BCUT2D eigenvalue weighted by Crippen LogP contribution is -2.35. The van der Waals surface area contributed by atoms with Crippen LogP contribution in [0.4, 0.5) is 0 Å². The standard InChI is InChI=1S/C24H25N5O/c1-28(2)17-22(19-8-4-3-5-9-19)25-24(30)20-14-12-18(13-15-20)16-29-23-11-7-6-10-21(23)26-27-29/h3-15,22H,16-17H2,1-2H3,(H,25,30)/t22-/m1/s1. The molecule has 1 atom stereocenters. The number of likely N-dealkylation sites (N-methyl/N-ethyl adjacent to an activating group) is 1. The first-order chi connectivity index (χ1) is 14.6. The second-order valence-electron chi connectivity index (χ2n) is 7.63. The molecule has 0 radical (unpaired) electrons. The van der Waals surface area contributed by atoms with Gasteiger partial charge in [-0.25, -0.2) is 4.68 Å². The van der Waals surface area contributed by atoms with Crippen LogP contribution in [0.3, 0.4) is 0 Å². The van der Waals surface area contributed by atoms with Gasteiger partial charge in [0.1, 0.15) is 5.52 Å². The Labute approximate surface area is 176 Å². The van der Waals surface area contributed by atoms with Gasteiger partial charge >= 0.3 is 0 Å². The number of hydrogen-bond donors (Lipinski definition) is 1. The van der Waals surface area contributed by atoms with Crippen molar-refractivity contribution in [2.24, 2.45) is 0 Å². The third-order valence-corrected chi connectivity index (χ3v) is 5.02. The molecule has 152 valence electrons. The predicted octanol–water partition coefficient (Wildman–Crippen LogP) is 3.51. The summed E-state index contributed by atoms with van der Waals surface area (Å²) in [6.45, 7) is 1.34. The van der Waals surface area contributed by atoms with E-state index in [1.54, 1.807) is 0 Å². The molecule has 1 heterocycles. The SMILES string of the molecule is CN(C)C[C@@H](NC(=O)c1ccc(Cn2nnc3ccccc32)cc1)c1ccccc1. The minimum absolute atomic E-state index is 0.0742. The van der Waals surface area contributed by atoms with Crippen molar-refractivity contribution in [3.05, 3.63) is 95.6 Å². The van der Waals surface area contributed by atoms with Crippen LogP contribution in [-0.4, -0.2) is 46.4 Å². The van der Waals surface area contributed by atoms with Crippen LogP contribution in [-0.2, 0) is 6.54 Å². The van der Waals surface area contributed by atoms with Crippen molar-refractivity contribution in [3.8, 4) is 0 Å². The molecule has 3 aromatic carbocycles. The minimum Gasteiger partial charge on any atom is -0.344 e. The number of carbonyl (C=O) groups is 1. The number of para-hydroxylation sites is 1. The second-order valence-corrected chi connectivity index (χ2v) is 7.63. The average Bonchev–Trinajstić information content (AvgIpc) is 3.17. The summed E-state index contributed by atoms with van der Waals surface area (Å²) < 4.78 is 1.87. The van der Waals surface area contributed by atoms with Crippen LogP contribution < -0.4 is 5.32 Å². The van der Waals surface area contributed by atoms with Crippen LogP contribution in [0, 0.1) is 0 Å². The van der Waals surface area contributed by atoms with Crippen molar-refractivity contribution >= 4 is 16.9 Å². The van der Waals surface area contributed by atoms with Crippen molar-refractivity contribution in [2.45, 2.75) is 12.6 Å². The quantitative estimate of drug-likeness (QED) is 0.517. The monoisotopic (exact) mass is 399 g/mol. The van der Waals surface area contributed by atoms with E-state index in [-0.39, 0.29) is 11.9 Å². The smallest absolute Gasteiger partial charge is 0.251 e. The van der Waals surface area contributed by atoms with E-state index in [1.165, 1.54) is 0 Å². The summed E-state index contributed by atoms with van der Waals surface area (Å²) in [4.78, 5) is 14.9. The molecule has 6 nitrogen and oxygen atoms in total. The summed E-state index contributed by atoms with van der Waals surface area (Å²) in [5, 5.41) is 11.6. The largest absolute Gasteiger partial charge is 0.344 e. The zero-order valence-electron chi connectivity index (χ0n) is 17.2. The lowest BCUT2D eigenvalue weighted by atomic mass is 10.1. The first-order valence-electron chi connectivity index (χ1n) is 9.98. The molecule has 0 saturated carbocycles. The zero-order chi connectivity index (χ0) is 20.9. The molecule has 4 rings (SSSR count). The van der Waals surface area contributed by atoms with Crippen LogP contribution in [0.5, 0.6) is 0 Å². The topological polar surface area (TPSA) is 63.1 Å². The van der Waals surface area contributed by atoms with E-state index in [0.29, 0.717) is 12.1 Å². The van der Waals surface area contributed by atoms with Crippen LogP contribution >= 0.6 is 0 Å². The maximum atomic E-state index is 12.9. The number of nitrogens with one attached hydrogen (secondary N) is 1. The Morgan fingerprint density at radius 3 is 2.40 bits per heavy atom. The van der Waals surface area contributed by atoms with Crippen LogP contribution in [0.2, 0.25) is 0 Å². The highest BCUT2D eigenvalue weighted by Crippen LogP contribution is 2.16. The van der Waals surface area contributed by atoms with Gasteiger partial charge in [-0.2, -0.15) is 0 Å². The van der Waals surface area contributed by atoms with Crippen LogP contribution in [0.25, 0.3) is 11.0 Å². The first kappa shape index (κ1) is 19.8. The summed E-state index contributed by atoms with van der Waals surface area (Å²) in [5.74, 6) is -0.0801. The maximum Gasteiger partial charge on any atom is 0.251 e. The van der Waals surface area contributed by atoms with Crippen LogP contribution in [0.1, 0.15) is 27.5 Å². The molecule has 0 unspecified atom stereocenters. The van der Waals surface area contributed by atoms with Crippen molar-refractivity contribution < 1.29 is 4.79 Å². The molecule has 0 saturated heterocycles. The first-order valence-corrected chi connectivity index (χ1v) is 9.98. The van der Waals surface area contributed by atoms with Gasteiger partial charge in [0.25, 0.3) is 5.91 Å². The Morgan fingerprint density at radius 2 is 1.67 bits per heavy atom. The van der Waals surface area contributed by atoms with Gasteiger partial charge in [-0.05, 0) is 49.5 Å². The van der Waals surface area contributed by atoms with Gasteiger partial charge < -0.3 is 10.2 Å². The number of rotatable bonds is 7. The lowest BCUT2D eigenvalue weighted by Gasteiger charge is -2.23. The molecule has 0 aliphatic heterocycles. The van der Waals surface area contributed by atoms with E-state index in [2.05, 4.69) is 20.5 Å². The zero-order valence-corrected chi connectivity index (χ0v) is 17.2. The minimum atomic E-state index is -0.0801. The third kappa shape index (κ3) is 4.55. The van der Waals surface area contributed by atoms with Crippen molar-refractivity contribution in [1.29, 1.82) is 0 Å². The van der Waals surface area contributed by atoms with E-state index in [4.69, 9.17) is 0 Å². The molecule has 0 fully saturated rings. The van der Waals surface area contributed by atoms with E-state index in [1.807, 2.05) is 97.6 Å². The van der Waals surface area contributed by atoms with Gasteiger partial charge in [0.05, 0.1) is 18.1 Å². The number of benzene rings is 3. The summed E-state index contributed by atoms with van der Waals surface area (Å²) in [5.41, 5.74) is 4.67. The van der Waals surface area contributed by atoms with E-state index >= 15 is 0 Å². The lowest BCUT2D eigenvalue weighted by molar-refractivity contribution is 0.0930. The molecule has 1 aromatic heterocycles. The van der Waals surface area contributed by atoms with Crippen molar-refractivity contribution in [3.63, 3.8) is 0 Å². The Morgan fingerprint density at radius 1 is 0.967 bits per heavy atom. The number of nitrogens with zero attached hydrogens (tertiary/aromatic N) is 4. The van der Waals surface area contributed by atoms with E-state index in [0.717, 1.165) is 28.7 Å². The van der Waals surface area contributed by atoms with Crippen LogP contribution in [0.15, 0.2) is 78.9 Å². The Kier molecular flexibility index (Phi) is 5.86. The molecule has 30 heavy (non-hydrogen) atoms. The molecule has 0 aliphatic carbocycles. The van der Waals surface area contributed by atoms with Gasteiger partial charge in [0.2, 0.25) is 0 Å². The Bertz CT molecular complexity index is 1120. The predicted molar refractivity (Wildman–Crippen MR) is 118 cm³/mol. The van der Waals surface area contributed by atoms with Gasteiger partial charge in [-0.1, -0.05) is 59.8 Å². The number of fused-ring (bicyclic) bond motifs is 1. The molecule has 4 aromatic rings. The highest BCUT2D eigenvalue weighted by atomic mass is 16.1.